The van der Waals surface area contributed by atoms with E-state index in [9.17, 15) is 5.11 Å². The van der Waals surface area contributed by atoms with Crippen molar-refractivity contribution in [2.45, 2.75) is 26.4 Å². The Morgan fingerprint density at radius 3 is 3.00 bits per heavy atom. The third kappa shape index (κ3) is 2.83. The summed E-state index contributed by atoms with van der Waals surface area (Å²) < 4.78 is 0. The largest absolute Gasteiger partial charge is 0.393 e. The molecule has 0 spiro atoms. The number of fused-ring (bicyclic) bond motifs is 1. The highest BCUT2D eigenvalue weighted by Gasteiger charge is 2.09. The average Bonchev–Trinajstić information content (AvgIpc) is 2.57. The summed E-state index contributed by atoms with van der Waals surface area (Å²) in [5.41, 5.74) is 5.66. The van der Waals surface area contributed by atoms with Gasteiger partial charge in [0.05, 0.1) is 11.5 Å². The van der Waals surface area contributed by atoms with Crippen LogP contribution in [0.25, 0.3) is 10.2 Å². The van der Waals surface area contributed by atoms with Gasteiger partial charge in [-0.3, -0.25) is 0 Å². The van der Waals surface area contributed by atoms with Crippen molar-refractivity contribution in [1.29, 1.82) is 0 Å². The summed E-state index contributed by atoms with van der Waals surface area (Å²) in [5.74, 6) is 1.02. The Balaban J connectivity index is 2.25. The van der Waals surface area contributed by atoms with E-state index >= 15 is 0 Å². The summed E-state index contributed by atoms with van der Waals surface area (Å²) in [6.45, 7) is 4.46. The van der Waals surface area contributed by atoms with Gasteiger partial charge in [0.1, 0.15) is 10.6 Å². The lowest BCUT2D eigenvalue weighted by Crippen LogP contribution is -2.11. The maximum Gasteiger partial charge on any atom is 0.223 e. The molecule has 0 bridgehead atoms. The van der Waals surface area contributed by atoms with Gasteiger partial charge < -0.3 is 16.2 Å². The average molecular weight is 252 g/mol. The second kappa shape index (κ2) is 4.85. The lowest BCUT2D eigenvalue weighted by Gasteiger charge is -2.08. The number of aromatic nitrogens is 2. The minimum atomic E-state index is -0.318. The molecule has 0 saturated carbocycles. The molecule has 0 fully saturated rings. The van der Waals surface area contributed by atoms with Gasteiger partial charge in [0.2, 0.25) is 5.95 Å². The number of nitrogens with zero attached hydrogens (tertiary/aromatic N) is 2. The fraction of sp³-hybridized carbons (Fsp3) is 0.455. The van der Waals surface area contributed by atoms with Crippen molar-refractivity contribution in [1.82, 2.24) is 9.97 Å². The number of anilines is 2. The Morgan fingerprint density at radius 2 is 2.29 bits per heavy atom. The van der Waals surface area contributed by atoms with Crippen molar-refractivity contribution >= 4 is 33.3 Å². The number of aliphatic hydroxyl groups is 1. The first-order chi connectivity index (χ1) is 8.06. The zero-order chi connectivity index (χ0) is 12.4. The molecule has 2 aromatic heterocycles. The monoisotopic (exact) mass is 252 g/mol. The highest BCUT2D eigenvalue weighted by molar-refractivity contribution is 7.18. The highest BCUT2D eigenvalue weighted by Crippen LogP contribution is 2.28. The number of nitrogens with two attached hydrogens (primary N) is 1. The number of aryl methyl sites for hydroxylation is 1. The quantitative estimate of drug-likeness (QED) is 0.772. The van der Waals surface area contributed by atoms with E-state index in [4.69, 9.17) is 5.73 Å². The number of hydrogen-bond acceptors (Lipinski definition) is 6. The maximum atomic E-state index is 9.21. The predicted molar refractivity (Wildman–Crippen MR) is 71.4 cm³/mol. The third-order valence-electron chi connectivity index (χ3n) is 2.39. The molecule has 6 heteroatoms. The highest BCUT2D eigenvalue weighted by atomic mass is 32.1. The summed E-state index contributed by atoms with van der Waals surface area (Å²) in [4.78, 5) is 10.5. The molecule has 0 aliphatic carbocycles. The Kier molecular flexibility index (Phi) is 3.44. The van der Waals surface area contributed by atoms with E-state index in [1.807, 2.05) is 13.0 Å². The van der Waals surface area contributed by atoms with Crippen molar-refractivity contribution < 1.29 is 5.11 Å². The molecule has 17 heavy (non-hydrogen) atoms. The number of hydrogen-bond donors (Lipinski definition) is 3. The number of thiophene rings is 1. The van der Waals surface area contributed by atoms with Crippen molar-refractivity contribution in [2.24, 2.45) is 0 Å². The predicted octanol–water partition coefficient (Wildman–Crippen LogP) is 1.76. The molecule has 5 nitrogen and oxygen atoms in total. The molecular formula is C11H16N4OS. The van der Waals surface area contributed by atoms with E-state index in [1.54, 1.807) is 18.3 Å². The maximum absolute atomic E-state index is 9.21. The first kappa shape index (κ1) is 12.1. The zero-order valence-corrected chi connectivity index (χ0v) is 10.7. The molecule has 0 aromatic carbocycles. The van der Waals surface area contributed by atoms with Crippen LogP contribution in [0.15, 0.2) is 6.07 Å². The van der Waals surface area contributed by atoms with Crippen LogP contribution in [0.5, 0.6) is 0 Å². The van der Waals surface area contributed by atoms with Gasteiger partial charge in [0, 0.05) is 11.4 Å². The Hall–Kier alpha value is -1.40. The lowest BCUT2D eigenvalue weighted by molar-refractivity contribution is 0.188. The molecule has 0 amide bonds. The first-order valence-corrected chi connectivity index (χ1v) is 6.33. The van der Waals surface area contributed by atoms with Crippen LogP contribution in [-0.2, 0) is 0 Å². The molecule has 0 radical (unpaired) electrons. The van der Waals surface area contributed by atoms with E-state index in [-0.39, 0.29) is 12.1 Å². The van der Waals surface area contributed by atoms with Gasteiger partial charge in [-0.25, -0.2) is 4.98 Å². The van der Waals surface area contributed by atoms with Gasteiger partial charge in [-0.05, 0) is 26.3 Å². The Bertz CT molecular complexity index is 523. The summed E-state index contributed by atoms with van der Waals surface area (Å²) in [7, 11) is 0. The summed E-state index contributed by atoms with van der Waals surface area (Å²) >= 11 is 1.60. The number of rotatable bonds is 4. The van der Waals surface area contributed by atoms with E-state index in [1.165, 1.54) is 4.88 Å². The molecule has 2 rings (SSSR count). The number of aliphatic hydroxyl groups excluding tert-OH is 1. The summed E-state index contributed by atoms with van der Waals surface area (Å²) in [6.07, 6.45) is 0.357. The van der Waals surface area contributed by atoms with E-state index in [0.717, 1.165) is 16.0 Å². The topological polar surface area (TPSA) is 84.1 Å². The molecule has 0 aliphatic rings. The van der Waals surface area contributed by atoms with Crippen LogP contribution in [0.4, 0.5) is 11.8 Å². The van der Waals surface area contributed by atoms with Gasteiger partial charge in [0.15, 0.2) is 0 Å². The molecule has 4 N–H and O–H groups in total. The van der Waals surface area contributed by atoms with Crippen LogP contribution in [0.1, 0.15) is 18.2 Å². The van der Waals surface area contributed by atoms with E-state index in [2.05, 4.69) is 15.3 Å². The molecule has 2 heterocycles. The van der Waals surface area contributed by atoms with Crippen LogP contribution < -0.4 is 11.1 Å². The van der Waals surface area contributed by atoms with Gasteiger partial charge >= 0.3 is 0 Å². The van der Waals surface area contributed by atoms with Crippen molar-refractivity contribution in [3.8, 4) is 0 Å². The third-order valence-corrected chi connectivity index (χ3v) is 3.33. The van der Waals surface area contributed by atoms with Gasteiger partial charge in [-0.1, -0.05) is 0 Å². The minimum absolute atomic E-state index is 0.277. The molecule has 0 aliphatic heterocycles. The number of nitrogens with one attached hydrogen (secondary N) is 1. The molecule has 1 unspecified atom stereocenters. The van der Waals surface area contributed by atoms with Gasteiger partial charge in [-0.2, -0.15) is 4.98 Å². The zero-order valence-electron chi connectivity index (χ0n) is 9.90. The van der Waals surface area contributed by atoms with Gasteiger partial charge in [-0.15, -0.1) is 11.3 Å². The molecule has 0 saturated heterocycles. The van der Waals surface area contributed by atoms with Crippen molar-refractivity contribution in [3.05, 3.63) is 10.9 Å². The Labute approximate surface area is 104 Å². The molecule has 2 aromatic rings. The van der Waals surface area contributed by atoms with E-state index in [0.29, 0.717) is 13.0 Å². The van der Waals surface area contributed by atoms with Crippen LogP contribution in [0.2, 0.25) is 0 Å². The minimum Gasteiger partial charge on any atom is -0.393 e. The Morgan fingerprint density at radius 1 is 1.53 bits per heavy atom. The van der Waals surface area contributed by atoms with Crippen LogP contribution >= 0.6 is 11.3 Å². The number of nitrogen functional groups attached to an aromatic ring is 1. The lowest BCUT2D eigenvalue weighted by atomic mass is 10.3. The molecular weight excluding hydrogens is 236 g/mol. The fourth-order valence-electron chi connectivity index (χ4n) is 1.59. The normalized spacial score (nSPS) is 12.9. The van der Waals surface area contributed by atoms with Gasteiger partial charge in [0.25, 0.3) is 0 Å². The molecule has 1 atom stereocenters. The smallest absolute Gasteiger partial charge is 0.223 e. The molecule has 92 valence electrons. The second-order valence-corrected chi connectivity index (χ2v) is 5.31. The summed E-state index contributed by atoms with van der Waals surface area (Å²) in [6, 6.07) is 2.05. The van der Waals surface area contributed by atoms with Crippen LogP contribution in [0, 0.1) is 6.92 Å². The van der Waals surface area contributed by atoms with E-state index < -0.39 is 0 Å². The SMILES string of the molecule is Cc1cc2c(NCCC(C)O)nc(N)nc2s1. The fourth-order valence-corrected chi connectivity index (χ4v) is 2.48. The van der Waals surface area contributed by atoms with Crippen molar-refractivity contribution in [3.63, 3.8) is 0 Å². The van der Waals surface area contributed by atoms with Crippen LogP contribution in [0.3, 0.4) is 0 Å². The standard InChI is InChI=1S/C11H16N4OS/c1-6(16)3-4-13-9-8-5-7(2)17-10(8)15-11(12)14-9/h5-6,16H,3-4H2,1-2H3,(H3,12,13,14,15). The first-order valence-electron chi connectivity index (χ1n) is 5.52. The van der Waals surface area contributed by atoms with Crippen LogP contribution in [-0.4, -0.2) is 27.7 Å². The van der Waals surface area contributed by atoms with Crippen molar-refractivity contribution in [2.75, 3.05) is 17.6 Å². The summed E-state index contributed by atoms with van der Waals surface area (Å²) in [5, 5.41) is 13.4. The second-order valence-electron chi connectivity index (χ2n) is 4.07.